The first-order valence-corrected chi connectivity index (χ1v) is 8.09. The Labute approximate surface area is 153 Å². The highest BCUT2D eigenvalue weighted by atomic mass is 16.5. The largest absolute Gasteiger partial charge is 0.497 e. The van der Waals surface area contributed by atoms with Crippen molar-refractivity contribution < 1.29 is 9.53 Å². The lowest BCUT2D eigenvalue weighted by molar-refractivity contribution is -0.117. The quantitative estimate of drug-likeness (QED) is 0.593. The molecule has 0 aromatic heterocycles. The van der Waals surface area contributed by atoms with Crippen LogP contribution in [0.5, 0.6) is 5.75 Å². The van der Waals surface area contributed by atoms with Crippen LogP contribution in [0.25, 0.3) is 0 Å². The molecule has 6 heteroatoms. The molecule has 2 aromatic carbocycles. The summed E-state index contributed by atoms with van der Waals surface area (Å²) in [4.78, 5) is 14.2. The minimum Gasteiger partial charge on any atom is -0.497 e. The van der Waals surface area contributed by atoms with Crippen LogP contribution in [0.4, 0.5) is 11.4 Å². The number of carbonyl (C=O) groups is 1. The topological polar surface area (TPSA) is 77.4 Å². The number of hydrogen-bond acceptors (Lipinski definition) is 5. The summed E-state index contributed by atoms with van der Waals surface area (Å²) in [6.07, 6.45) is 1.41. The van der Waals surface area contributed by atoms with E-state index in [9.17, 15) is 10.1 Å². The number of anilines is 2. The lowest BCUT2D eigenvalue weighted by atomic mass is 10.2. The first kappa shape index (κ1) is 18.9. The average Bonchev–Trinajstić information content (AvgIpc) is 2.67. The Morgan fingerprint density at radius 2 is 1.81 bits per heavy atom. The summed E-state index contributed by atoms with van der Waals surface area (Å²) in [7, 11) is 5.52. The molecule has 6 nitrogen and oxygen atoms in total. The van der Waals surface area contributed by atoms with Crippen molar-refractivity contribution in [1.82, 2.24) is 5.32 Å². The molecule has 2 rings (SSSR count). The zero-order valence-corrected chi connectivity index (χ0v) is 15.1. The smallest absolute Gasteiger partial charge is 0.263 e. The second-order valence-electron chi connectivity index (χ2n) is 5.79. The SMILES string of the molecule is COc1ccc(CNC(=O)/C(C#N)=C\Nc2ccc(N(C)C)cc2)cc1. The van der Waals surface area contributed by atoms with Gasteiger partial charge in [-0.05, 0) is 42.0 Å². The predicted octanol–water partition coefficient (Wildman–Crippen LogP) is 2.90. The van der Waals surface area contributed by atoms with Crippen LogP contribution in [0.3, 0.4) is 0 Å². The number of nitrogens with zero attached hydrogens (tertiary/aromatic N) is 2. The van der Waals surface area contributed by atoms with Crippen molar-refractivity contribution in [2.45, 2.75) is 6.54 Å². The Hall–Kier alpha value is -3.46. The normalized spacial score (nSPS) is 10.6. The molecule has 0 radical (unpaired) electrons. The van der Waals surface area contributed by atoms with Crippen LogP contribution in [0.2, 0.25) is 0 Å². The van der Waals surface area contributed by atoms with Gasteiger partial charge in [-0.2, -0.15) is 5.26 Å². The molecule has 134 valence electrons. The standard InChI is InChI=1S/C20H22N4O2/c1-24(2)18-8-6-17(7-9-18)22-14-16(12-21)20(25)23-13-15-4-10-19(26-3)11-5-15/h4-11,14,22H,13H2,1-3H3,(H,23,25)/b16-14-. The van der Waals surface area contributed by atoms with Gasteiger partial charge in [-0.3, -0.25) is 4.79 Å². The third-order valence-electron chi connectivity index (χ3n) is 3.74. The number of nitrogens with one attached hydrogen (secondary N) is 2. The monoisotopic (exact) mass is 350 g/mol. The van der Waals surface area contributed by atoms with E-state index >= 15 is 0 Å². The fraction of sp³-hybridized carbons (Fsp3) is 0.200. The molecule has 26 heavy (non-hydrogen) atoms. The molecule has 2 N–H and O–H groups in total. The molecule has 0 aliphatic heterocycles. The molecule has 0 atom stereocenters. The van der Waals surface area contributed by atoms with E-state index in [-0.39, 0.29) is 5.57 Å². The zero-order valence-electron chi connectivity index (χ0n) is 15.1. The highest BCUT2D eigenvalue weighted by Crippen LogP contribution is 2.16. The number of rotatable bonds is 7. The van der Waals surface area contributed by atoms with Gasteiger partial charge in [0, 0.05) is 38.2 Å². The Bertz CT molecular complexity index is 803. The van der Waals surface area contributed by atoms with E-state index in [0.29, 0.717) is 6.54 Å². The van der Waals surface area contributed by atoms with E-state index in [0.717, 1.165) is 22.7 Å². The number of ether oxygens (including phenoxy) is 1. The van der Waals surface area contributed by atoms with E-state index in [4.69, 9.17) is 4.74 Å². The van der Waals surface area contributed by atoms with Gasteiger partial charge in [0.2, 0.25) is 0 Å². The maximum Gasteiger partial charge on any atom is 0.263 e. The van der Waals surface area contributed by atoms with Gasteiger partial charge in [-0.15, -0.1) is 0 Å². The molecule has 1 amide bonds. The highest BCUT2D eigenvalue weighted by Gasteiger charge is 2.08. The summed E-state index contributed by atoms with van der Waals surface area (Å²) in [5, 5.41) is 14.9. The van der Waals surface area contributed by atoms with Crippen molar-refractivity contribution in [3.63, 3.8) is 0 Å². The Balaban J connectivity index is 1.94. The lowest BCUT2D eigenvalue weighted by Gasteiger charge is -2.12. The van der Waals surface area contributed by atoms with Crippen LogP contribution in [0.1, 0.15) is 5.56 Å². The summed E-state index contributed by atoms with van der Waals surface area (Å²) >= 11 is 0. The van der Waals surface area contributed by atoms with Crippen molar-refractivity contribution in [1.29, 1.82) is 5.26 Å². The molecule has 0 bridgehead atoms. The van der Waals surface area contributed by atoms with E-state index < -0.39 is 5.91 Å². The van der Waals surface area contributed by atoms with Gasteiger partial charge in [0.15, 0.2) is 0 Å². The fourth-order valence-corrected chi connectivity index (χ4v) is 2.18. The van der Waals surface area contributed by atoms with E-state index in [1.54, 1.807) is 7.11 Å². The number of methoxy groups -OCH3 is 1. The molecule has 0 unspecified atom stereocenters. The molecule has 0 fully saturated rings. The summed E-state index contributed by atoms with van der Waals surface area (Å²) in [5.41, 5.74) is 2.79. The molecule has 0 heterocycles. The Morgan fingerprint density at radius 1 is 1.15 bits per heavy atom. The summed E-state index contributed by atoms with van der Waals surface area (Å²) in [6, 6.07) is 16.9. The molecule has 0 saturated carbocycles. The molecule has 0 saturated heterocycles. The number of nitriles is 1. The zero-order chi connectivity index (χ0) is 18.9. The number of hydrogen-bond donors (Lipinski definition) is 2. The van der Waals surface area contributed by atoms with Crippen molar-refractivity contribution >= 4 is 17.3 Å². The van der Waals surface area contributed by atoms with Crippen LogP contribution >= 0.6 is 0 Å². The van der Waals surface area contributed by atoms with Gasteiger partial charge in [0.25, 0.3) is 5.91 Å². The van der Waals surface area contributed by atoms with Crippen molar-refractivity contribution in [2.24, 2.45) is 0 Å². The van der Waals surface area contributed by atoms with Crippen LogP contribution in [0.15, 0.2) is 60.3 Å². The van der Waals surface area contributed by atoms with Gasteiger partial charge in [0.05, 0.1) is 7.11 Å². The van der Waals surface area contributed by atoms with Gasteiger partial charge >= 0.3 is 0 Å². The number of benzene rings is 2. The van der Waals surface area contributed by atoms with Gasteiger partial charge < -0.3 is 20.3 Å². The van der Waals surface area contributed by atoms with Crippen molar-refractivity contribution in [2.75, 3.05) is 31.4 Å². The number of carbonyl (C=O) groups excluding carboxylic acids is 1. The molecule has 0 aliphatic rings. The molecule has 2 aromatic rings. The minimum absolute atomic E-state index is 0.00944. The third kappa shape index (κ3) is 5.28. The van der Waals surface area contributed by atoms with Crippen LogP contribution < -0.4 is 20.3 Å². The fourth-order valence-electron chi connectivity index (χ4n) is 2.18. The summed E-state index contributed by atoms with van der Waals surface area (Å²) < 4.78 is 5.09. The van der Waals surface area contributed by atoms with E-state index in [2.05, 4.69) is 10.6 Å². The lowest BCUT2D eigenvalue weighted by Crippen LogP contribution is -2.24. The second-order valence-corrected chi connectivity index (χ2v) is 5.79. The van der Waals surface area contributed by atoms with Gasteiger partial charge in [-0.1, -0.05) is 12.1 Å². The molecule has 0 aliphatic carbocycles. The van der Waals surface area contributed by atoms with E-state index in [1.807, 2.05) is 73.6 Å². The van der Waals surface area contributed by atoms with Crippen molar-refractivity contribution in [3.8, 4) is 11.8 Å². The van der Waals surface area contributed by atoms with E-state index in [1.165, 1.54) is 6.20 Å². The number of amides is 1. The summed E-state index contributed by atoms with van der Waals surface area (Å²) in [6.45, 7) is 0.333. The van der Waals surface area contributed by atoms with Crippen LogP contribution in [0, 0.1) is 11.3 Å². The first-order chi connectivity index (χ1) is 12.5. The molecular weight excluding hydrogens is 328 g/mol. The molecule has 0 spiro atoms. The maximum atomic E-state index is 12.2. The Morgan fingerprint density at radius 3 is 2.35 bits per heavy atom. The van der Waals surface area contributed by atoms with Crippen LogP contribution in [-0.2, 0) is 11.3 Å². The van der Waals surface area contributed by atoms with Crippen molar-refractivity contribution in [3.05, 3.63) is 65.9 Å². The summed E-state index contributed by atoms with van der Waals surface area (Å²) in [5.74, 6) is 0.322. The third-order valence-corrected chi connectivity index (χ3v) is 3.74. The van der Waals surface area contributed by atoms with Crippen LogP contribution in [-0.4, -0.2) is 27.1 Å². The highest BCUT2D eigenvalue weighted by molar-refractivity contribution is 5.97. The minimum atomic E-state index is -0.430. The second kappa shape index (κ2) is 9.14. The van der Waals surface area contributed by atoms with Gasteiger partial charge in [0.1, 0.15) is 17.4 Å². The van der Waals surface area contributed by atoms with Gasteiger partial charge in [-0.25, -0.2) is 0 Å². The molecular formula is C20H22N4O2. The first-order valence-electron chi connectivity index (χ1n) is 8.09. The predicted molar refractivity (Wildman–Crippen MR) is 103 cm³/mol. The Kier molecular flexibility index (Phi) is 6.63. The average molecular weight is 350 g/mol. The maximum absolute atomic E-state index is 12.2.